The third kappa shape index (κ3) is 3.58. The smallest absolute Gasteiger partial charge is 0.226 e. The molecule has 2 aliphatic carbocycles. The van der Waals surface area contributed by atoms with E-state index in [0.29, 0.717) is 18.9 Å². The van der Waals surface area contributed by atoms with Crippen LogP contribution >= 0.6 is 0 Å². The topological polar surface area (TPSA) is 40.5 Å². The van der Waals surface area contributed by atoms with E-state index in [9.17, 15) is 4.79 Å². The molecule has 1 amide bonds. The molecule has 0 aliphatic heterocycles. The van der Waals surface area contributed by atoms with Crippen LogP contribution in [0.2, 0.25) is 0 Å². The van der Waals surface area contributed by atoms with E-state index < -0.39 is 0 Å². The molecule has 102 valence electrons. The van der Waals surface area contributed by atoms with E-state index in [1.54, 1.807) is 0 Å². The minimum absolute atomic E-state index is 0.180. The molecule has 0 heterocycles. The molecule has 0 saturated heterocycles. The minimum atomic E-state index is 0.180. The van der Waals surface area contributed by atoms with Crippen molar-refractivity contribution < 1.29 is 9.90 Å². The van der Waals surface area contributed by atoms with Crippen LogP contribution in [0.3, 0.4) is 0 Å². The Balaban J connectivity index is 1.87. The number of aliphatic hydroxyl groups is 1. The van der Waals surface area contributed by atoms with Crippen LogP contribution in [-0.2, 0) is 4.79 Å². The lowest BCUT2D eigenvalue weighted by atomic mass is 9.90. The summed E-state index contributed by atoms with van der Waals surface area (Å²) in [5.74, 6) is 0.279. The van der Waals surface area contributed by atoms with Gasteiger partial charge in [0.25, 0.3) is 0 Å². The summed E-state index contributed by atoms with van der Waals surface area (Å²) in [5.41, 5.74) is 1.33. The highest BCUT2D eigenvalue weighted by Crippen LogP contribution is 2.27. The van der Waals surface area contributed by atoms with Gasteiger partial charge in [-0.25, -0.2) is 0 Å². The largest absolute Gasteiger partial charge is 0.396 e. The number of allylic oxidation sites excluding steroid dienone is 1. The third-order valence-electron chi connectivity index (χ3n) is 4.16. The maximum atomic E-state index is 12.4. The first kappa shape index (κ1) is 13.6. The summed E-state index contributed by atoms with van der Waals surface area (Å²) < 4.78 is 0. The minimum Gasteiger partial charge on any atom is -0.396 e. The first-order chi connectivity index (χ1) is 8.81. The maximum absolute atomic E-state index is 12.4. The van der Waals surface area contributed by atoms with E-state index in [1.807, 2.05) is 4.90 Å². The lowest BCUT2D eigenvalue weighted by Gasteiger charge is -2.38. The van der Waals surface area contributed by atoms with Crippen molar-refractivity contribution in [1.29, 1.82) is 0 Å². The summed E-state index contributed by atoms with van der Waals surface area (Å²) in [6.45, 7) is 0.909. The van der Waals surface area contributed by atoms with Gasteiger partial charge in [0.15, 0.2) is 0 Å². The molecule has 3 nitrogen and oxygen atoms in total. The zero-order chi connectivity index (χ0) is 12.8. The van der Waals surface area contributed by atoms with Crippen LogP contribution in [0.25, 0.3) is 0 Å². The Kier molecular flexibility index (Phi) is 5.24. The summed E-state index contributed by atoms with van der Waals surface area (Å²) >= 11 is 0. The van der Waals surface area contributed by atoms with E-state index >= 15 is 0 Å². The number of hydrogen-bond acceptors (Lipinski definition) is 2. The van der Waals surface area contributed by atoms with Crippen LogP contribution in [0.5, 0.6) is 0 Å². The number of hydrogen-bond donors (Lipinski definition) is 1. The second-order valence-electron chi connectivity index (χ2n) is 5.53. The highest BCUT2D eigenvalue weighted by molar-refractivity contribution is 5.79. The zero-order valence-corrected chi connectivity index (χ0v) is 11.2. The number of carbonyl (C=O) groups excluding carboxylic acids is 1. The summed E-state index contributed by atoms with van der Waals surface area (Å²) in [7, 11) is 0. The normalized spacial score (nSPS) is 20.2. The predicted molar refractivity (Wildman–Crippen MR) is 72.2 cm³/mol. The molecule has 1 fully saturated rings. The molecule has 0 radical (unpaired) electrons. The standard InChI is InChI=1S/C15H25NO2/c17-11-5-10-16(14-8-4-9-14)15(18)12-13-6-2-1-3-7-13/h6,14,17H,1-5,7-12H2. The second kappa shape index (κ2) is 6.93. The molecular weight excluding hydrogens is 226 g/mol. The summed E-state index contributed by atoms with van der Waals surface area (Å²) in [4.78, 5) is 14.4. The van der Waals surface area contributed by atoms with Gasteiger partial charge in [-0.3, -0.25) is 4.79 Å². The lowest BCUT2D eigenvalue weighted by molar-refractivity contribution is -0.134. The van der Waals surface area contributed by atoms with E-state index in [2.05, 4.69) is 6.08 Å². The van der Waals surface area contributed by atoms with Crippen LogP contribution in [0, 0.1) is 0 Å². The van der Waals surface area contributed by atoms with Gasteiger partial charge >= 0.3 is 0 Å². The van der Waals surface area contributed by atoms with Gasteiger partial charge in [0.2, 0.25) is 5.91 Å². The first-order valence-electron chi connectivity index (χ1n) is 7.39. The van der Waals surface area contributed by atoms with Crippen molar-refractivity contribution in [3.8, 4) is 0 Å². The average Bonchev–Trinajstić information content (AvgIpc) is 2.33. The third-order valence-corrected chi connectivity index (χ3v) is 4.16. The fourth-order valence-electron chi connectivity index (χ4n) is 2.81. The number of aliphatic hydroxyl groups excluding tert-OH is 1. The van der Waals surface area contributed by atoms with Gasteiger partial charge in [-0.15, -0.1) is 0 Å². The molecule has 0 spiro atoms. The Morgan fingerprint density at radius 3 is 2.72 bits per heavy atom. The maximum Gasteiger partial charge on any atom is 0.226 e. The number of rotatable bonds is 6. The van der Waals surface area contributed by atoms with Gasteiger partial charge < -0.3 is 10.0 Å². The molecule has 0 unspecified atom stereocenters. The van der Waals surface area contributed by atoms with E-state index in [4.69, 9.17) is 5.11 Å². The molecular formula is C15H25NO2. The summed E-state index contributed by atoms with van der Waals surface area (Å²) in [5, 5.41) is 8.94. The second-order valence-corrected chi connectivity index (χ2v) is 5.53. The highest BCUT2D eigenvalue weighted by Gasteiger charge is 2.28. The molecule has 0 bridgehead atoms. The van der Waals surface area contributed by atoms with Crippen molar-refractivity contribution in [1.82, 2.24) is 4.90 Å². The quantitative estimate of drug-likeness (QED) is 0.737. The van der Waals surface area contributed by atoms with Crippen molar-refractivity contribution in [2.45, 2.75) is 63.8 Å². The number of nitrogens with zero attached hydrogens (tertiary/aromatic N) is 1. The van der Waals surface area contributed by atoms with E-state index in [-0.39, 0.29) is 12.5 Å². The molecule has 1 N–H and O–H groups in total. The fourth-order valence-corrected chi connectivity index (χ4v) is 2.81. The van der Waals surface area contributed by atoms with Crippen molar-refractivity contribution in [3.63, 3.8) is 0 Å². The van der Waals surface area contributed by atoms with Gasteiger partial charge in [0.1, 0.15) is 0 Å². The lowest BCUT2D eigenvalue weighted by Crippen LogP contribution is -2.45. The molecule has 0 atom stereocenters. The van der Waals surface area contributed by atoms with Gasteiger partial charge in [-0.2, -0.15) is 0 Å². The van der Waals surface area contributed by atoms with Gasteiger partial charge in [-0.05, 0) is 51.4 Å². The van der Waals surface area contributed by atoms with E-state index in [1.165, 1.54) is 24.8 Å². The van der Waals surface area contributed by atoms with Crippen LogP contribution in [0.15, 0.2) is 11.6 Å². The molecule has 2 rings (SSSR count). The highest BCUT2D eigenvalue weighted by atomic mass is 16.3. The molecule has 0 aromatic carbocycles. The molecule has 3 heteroatoms. The van der Waals surface area contributed by atoms with Gasteiger partial charge in [-0.1, -0.05) is 11.6 Å². The Bertz CT molecular complexity index is 308. The Morgan fingerprint density at radius 1 is 1.33 bits per heavy atom. The number of carbonyl (C=O) groups is 1. The van der Waals surface area contributed by atoms with Crippen molar-refractivity contribution in [2.24, 2.45) is 0 Å². The van der Waals surface area contributed by atoms with Crippen LogP contribution in [0.4, 0.5) is 0 Å². The monoisotopic (exact) mass is 251 g/mol. The van der Waals surface area contributed by atoms with Crippen molar-refractivity contribution in [2.75, 3.05) is 13.2 Å². The molecule has 18 heavy (non-hydrogen) atoms. The predicted octanol–water partition coefficient (Wildman–Crippen LogP) is 2.64. The van der Waals surface area contributed by atoms with Crippen LogP contribution in [-0.4, -0.2) is 35.1 Å². The van der Waals surface area contributed by atoms with Crippen molar-refractivity contribution >= 4 is 5.91 Å². The first-order valence-corrected chi connectivity index (χ1v) is 7.39. The van der Waals surface area contributed by atoms with Crippen molar-refractivity contribution in [3.05, 3.63) is 11.6 Å². The van der Waals surface area contributed by atoms with Crippen LogP contribution < -0.4 is 0 Å². The summed E-state index contributed by atoms with van der Waals surface area (Å²) in [6.07, 6.45) is 11.9. The Morgan fingerprint density at radius 2 is 2.17 bits per heavy atom. The fraction of sp³-hybridized carbons (Fsp3) is 0.800. The molecule has 1 saturated carbocycles. The van der Waals surface area contributed by atoms with Gasteiger partial charge in [0.05, 0.1) is 0 Å². The van der Waals surface area contributed by atoms with Crippen LogP contribution in [0.1, 0.15) is 57.8 Å². The molecule has 0 aromatic heterocycles. The average molecular weight is 251 g/mol. The summed E-state index contributed by atoms with van der Waals surface area (Å²) in [6, 6.07) is 0.452. The Labute approximate surface area is 110 Å². The SMILES string of the molecule is O=C(CC1=CCCCC1)N(CCCO)C1CCC1. The number of amides is 1. The molecule has 2 aliphatic rings. The Hall–Kier alpha value is -0.830. The van der Waals surface area contributed by atoms with E-state index in [0.717, 1.165) is 32.2 Å². The molecule has 0 aromatic rings. The zero-order valence-electron chi connectivity index (χ0n) is 11.2. The van der Waals surface area contributed by atoms with Gasteiger partial charge in [0, 0.05) is 25.6 Å².